The van der Waals surface area contributed by atoms with Crippen LogP contribution >= 0.6 is 0 Å². The van der Waals surface area contributed by atoms with E-state index in [0.29, 0.717) is 28.6 Å². The molecule has 9 heteroatoms. The van der Waals surface area contributed by atoms with Gasteiger partial charge in [0, 0.05) is 11.8 Å². The van der Waals surface area contributed by atoms with Crippen molar-refractivity contribution in [2.75, 3.05) is 0 Å². The third-order valence-electron chi connectivity index (χ3n) is 4.61. The van der Waals surface area contributed by atoms with E-state index in [9.17, 15) is 0 Å². The number of aromatic nitrogens is 8. The number of aryl methyl sites for hydroxylation is 3. The van der Waals surface area contributed by atoms with Crippen LogP contribution in [0.15, 0.2) is 43.1 Å². The molecule has 0 aliphatic heterocycles. The zero-order valence-corrected chi connectivity index (χ0v) is 15.5. The van der Waals surface area contributed by atoms with Crippen molar-refractivity contribution < 1.29 is 4.74 Å². The van der Waals surface area contributed by atoms with Crippen LogP contribution in [0.5, 0.6) is 11.8 Å². The maximum Gasteiger partial charge on any atom is 0.255 e. The van der Waals surface area contributed by atoms with Crippen LogP contribution in [0.25, 0.3) is 22.5 Å². The van der Waals surface area contributed by atoms with E-state index in [-0.39, 0.29) is 0 Å². The van der Waals surface area contributed by atoms with E-state index in [1.54, 1.807) is 16.9 Å². The number of benzene rings is 1. The van der Waals surface area contributed by atoms with Gasteiger partial charge in [-0.25, -0.2) is 19.6 Å². The summed E-state index contributed by atoms with van der Waals surface area (Å²) in [4.78, 5) is 17.1. The summed E-state index contributed by atoms with van der Waals surface area (Å²) >= 11 is 0. The molecule has 9 nitrogen and oxygen atoms in total. The second-order valence-corrected chi connectivity index (χ2v) is 6.55. The molecule has 0 spiro atoms. The van der Waals surface area contributed by atoms with Crippen LogP contribution in [0.4, 0.5) is 0 Å². The average molecular weight is 372 g/mol. The first-order chi connectivity index (χ1) is 13.6. The normalized spacial score (nSPS) is 11.4. The molecule has 0 aliphatic rings. The van der Waals surface area contributed by atoms with Crippen molar-refractivity contribution in [1.82, 2.24) is 39.3 Å². The first-order valence-corrected chi connectivity index (χ1v) is 8.72. The maximum absolute atomic E-state index is 6.05. The fourth-order valence-electron chi connectivity index (χ4n) is 3.02. The van der Waals surface area contributed by atoms with Crippen molar-refractivity contribution in [3.8, 4) is 17.4 Å². The molecule has 1 aromatic carbocycles. The van der Waals surface area contributed by atoms with Crippen molar-refractivity contribution in [1.29, 1.82) is 0 Å². The van der Waals surface area contributed by atoms with Crippen LogP contribution in [0.3, 0.4) is 0 Å². The van der Waals surface area contributed by atoms with E-state index in [0.717, 1.165) is 11.4 Å². The maximum atomic E-state index is 6.05. The molecule has 0 bridgehead atoms. The van der Waals surface area contributed by atoms with Gasteiger partial charge in [-0.1, -0.05) is 6.07 Å². The van der Waals surface area contributed by atoms with Gasteiger partial charge < -0.3 is 4.74 Å². The van der Waals surface area contributed by atoms with Crippen molar-refractivity contribution in [2.24, 2.45) is 0 Å². The van der Waals surface area contributed by atoms with Gasteiger partial charge in [0.1, 0.15) is 18.0 Å². The van der Waals surface area contributed by atoms with Gasteiger partial charge in [-0.15, -0.1) is 0 Å². The molecule has 0 unspecified atom stereocenters. The Kier molecular flexibility index (Phi) is 3.54. The monoisotopic (exact) mass is 372 g/mol. The van der Waals surface area contributed by atoms with Gasteiger partial charge in [-0.3, -0.25) is 0 Å². The van der Waals surface area contributed by atoms with Crippen LogP contribution in [0.2, 0.25) is 0 Å². The molecule has 0 saturated heterocycles. The molecule has 5 aromatic rings. The quantitative estimate of drug-likeness (QED) is 0.480. The molecule has 5 rings (SSSR count). The minimum atomic E-state index is 0.391. The van der Waals surface area contributed by atoms with E-state index >= 15 is 0 Å². The molecule has 0 aliphatic carbocycles. The minimum absolute atomic E-state index is 0.391. The van der Waals surface area contributed by atoms with Gasteiger partial charge in [0.15, 0.2) is 5.65 Å². The Morgan fingerprint density at radius 2 is 1.79 bits per heavy atom. The second kappa shape index (κ2) is 6.08. The number of fused-ring (bicyclic) bond motifs is 2. The Morgan fingerprint density at radius 3 is 2.64 bits per heavy atom. The highest BCUT2D eigenvalue weighted by molar-refractivity contribution is 5.81. The van der Waals surface area contributed by atoms with E-state index in [1.807, 2.05) is 13.0 Å². The predicted molar refractivity (Wildman–Crippen MR) is 102 cm³/mol. The summed E-state index contributed by atoms with van der Waals surface area (Å²) in [6.07, 6.45) is 4.60. The molecule has 0 fully saturated rings. The summed E-state index contributed by atoms with van der Waals surface area (Å²) in [6.45, 7) is 6.02. The average Bonchev–Trinajstić information content (AvgIpc) is 3.31. The summed E-state index contributed by atoms with van der Waals surface area (Å²) in [7, 11) is 0. The topological polar surface area (TPSA) is 95.9 Å². The van der Waals surface area contributed by atoms with Gasteiger partial charge in [-0.2, -0.15) is 19.7 Å². The third kappa shape index (κ3) is 2.56. The highest BCUT2D eigenvalue weighted by Crippen LogP contribution is 2.28. The lowest BCUT2D eigenvalue weighted by molar-refractivity contribution is 0.433. The number of hydrogen-bond acceptors (Lipinski definition) is 7. The predicted octanol–water partition coefficient (Wildman–Crippen LogP) is 2.97. The standard InChI is InChI=1S/C19H16N8O/c1-11-4-5-14(6-12(11)2)26-17-15(8-23-26)18(21-9-20-17)28-16-7-13(3)25-19-22-10-24-27(16)19/h4-10H,1-3H3. The summed E-state index contributed by atoms with van der Waals surface area (Å²) < 4.78 is 9.35. The van der Waals surface area contributed by atoms with Crippen LogP contribution < -0.4 is 4.74 Å². The number of hydrogen-bond donors (Lipinski definition) is 0. The van der Waals surface area contributed by atoms with E-state index in [2.05, 4.69) is 56.1 Å². The largest absolute Gasteiger partial charge is 0.420 e. The molecule has 0 saturated carbocycles. The van der Waals surface area contributed by atoms with Gasteiger partial charge in [0.2, 0.25) is 11.8 Å². The minimum Gasteiger partial charge on any atom is -0.420 e. The number of rotatable bonds is 3. The summed E-state index contributed by atoms with van der Waals surface area (Å²) in [5, 5.41) is 9.35. The molecule has 0 atom stereocenters. The first-order valence-electron chi connectivity index (χ1n) is 8.72. The highest BCUT2D eigenvalue weighted by atomic mass is 16.5. The van der Waals surface area contributed by atoms with E-state index in [1.165, 1.54) is 28.3 Å². The zero-order chi connectivity index (χ0) is 19.3. The van der Waals surface area contributed by atoms with E-state index < -0.39 is 0 Å². The molecule has 4 aromatic heterocycles. The summed E-state index contributed by atoms with van der Waals surface area (Å²) in [5.74, 6) is 1.33. The Bertz CT molecular complexity index is 1340. The molecule has 4 heterocycles. The Labute approximate surface area is 159 Å². The van der Waals surface area contributed by atoms with Crippen molar-refractivity contribution in [2.45, 2.75) is 20.8 Å². The van der Waals surface area contributed by atoms with Gasteiger partial charge in [-0.05, 0) is 44.0 Å². The molecule has 138 valence electrons. The fourth-order valence-corrected chi connectivity index (χ4v) is 3.02. The lowest BCUT2D eigenvalue weighted by Crippen LogP contribution is -2.01. The second-order valence-electron chi connectivity index (χ2n) is 6.55. The van der Waals surface area contributed by atoms with Gasteiger partial charge >= 0.3 is 0 Å². The Hall–Kier alpha value is -3.88. The van der Waals surface area contributed by atoms with Gasteiger partial charge in [0.25, 0.3) is 5.78 Å². The van der Waals surface area contributed by atoms with Crippen LogP contribution in [0.1, 0.15) is 16.8 Å². The molecule has 0 N–H and O–H groups in total. The zero-order valence-electron chi connectivity index (χ0n) is 15.5. The smallest absolute Gasteiger partial charge is 0.255 e. The summed E-state index contributed by atoms with van der Waals surface area (Å²) in [5.41, 5.74) is 4.78. The highest BCUT2D eigenvalue weighted by Gasteiger charge is 2.15. The Morgan fingerprint density at radius 1 is 0.893 bits per heavy atom. The van der Waals surface area contributed by atoms with E-state index in [4.69, 9.17) is 4.74 Å². The van der Waals surface area contributed by atoms with Crippen molar-refractivity contribution in [3.63, 3.8) is 0 Å². The number of ether oxygens (including phenoxy) is 1. The molecule has 0 radical (unpaired) electrons. The SMILES string of the molecule is Cc1cc(Oc2ncnc3c2cnn3-c2ccc(C)c(C)c2)n2ncnc2n1. The third-order valence-corrected chi connectivity index (χ3v) is 4.61. The first kappa shape index (κ1) is 16.3. The lowest BCUT2D eigenvalue weighted by Gasteiger charge is -2.08. The van der Waals surface area contributed by atoms with Crippen LogP contribution in [-0.2, 0) is 0 Å². The molecule has 0 amide bonds. The van der Waals surface area contributed by atoms with Crippen LogP contribution in [0, 0.1) is 20.8 Å². The Balaban J connectivity index is 1.62. The fraction of sp³-hybridized carbons (Fsp3) is 0.158. The van der Waals surface area contributed by atoms with Crippen molar-refractivity contribution in [3.05, 3.63) is 59.9 Å². The number of nitrogens with zero attached hydrogens (tertiary/aromatic N) is 8. The lowest BCUT2D eigenvalue weighted by atomic mass is 10.1. The summed E-state index contributed by atoms with van der Waals surface area (Å²) in [6, 6.07) is 7.94. The van der Waals surface area contributed by atoms with Crippen molar-refractivity contribution >= 4 is 16.8 Å². The van der Waals surface area contributed by atoms with Gasteiger partial charge in [0.05, 0.1) is 11.9 Å². The molecular formula is C19H16N8O. The molecular weight excluding hydrogens is 356 g/mol. The molecule has 28 heavy (non-hydrogen) atoms. The van der Waals surface area contributed by atoms with Crippen LogP contribution in [-0.4, -0.2) is 39.3 Å².